The van der Waals surface area contributed by atoms with E-state index in [0.29, 0.717) is 6.54 Å². The maximum absolute atomic E-state index is 12.4. The van der Waals surface area contributed by atoms with E-state index in [1.165, 1.54) is 5.56 Å². The van der Waals surface area contributed by atoms with E-state index in [1.54, 1.807) is 6.20 Å². The van der Waals surface area contributed by atoms with Gasteiger partial charge < -0.3 is 10.6 Å². The number of aromatic nitrogens is 1. The largest absolute Gasteiger partial charge is 0.349 e. The van der Waals surface area contributed by atoms with Crippen molar-refractivity contribution in [3.63, 3.8) is 0 Å². The van der Waals surface area contributed by atoms with Crippen LogP contribution >= 0.6 is 0 Å². The summed E-state index contributed by atoms with van der Waals surface area (Å²) in [7, 11) is 0. The topological polar surface area (TPSA) is 54.0 Å². The van der Waals surface area contributed by atoms with Gasteiger partial charge in [-0.25, -0.2) is 0 Å². The Kier molecular flexibility index (Phi) is 4.53. The van der Waals surface area contributed by atoms with Crippen molar-refractivity contribution in [1.82, 2.24) is 15.6 Å². The van der Waals surface area contributed by atoms with Gasteiger partial charge in [0.2, 0.25) is 5.91 Å². The van der Waals surface area contributed by atoms with E-state index in [-0.39, 0.29) is 11.4 Å². The fraction of sp³-hybridized carbons (Fsp3) is 0.600. The number of amides is 1. The molecule has 0 aliphatic carbocycles. The third-order valence-electron chi connectivity index (χ3n) is 4.06. The van der Waals surface area contributed by atoms with Crippen molar-refractivity contribution < 1.29 is 4.79 Å². The highest BCUT2D eigenvalue weighted by molar-refractivity contribution is 5.86. The van der Waals surface area contributed by atoms with Crippen molar-refractivity contribution in [3.05, 3.63) is 29.6 Å². The van der Waals surface area contributed by atoms with Crippen molar-refractivity contribution in [3.8, 4) is 0 Å². The monoisotopic (exact) mass is 261 g/mol. The summed E-state index contributed by atoms with van der Waals surface area (Å²) >= 11 is 0. The van der Waals surface area contributed by atoms with Crippen LogP contribution in [0.15, 0.2) is 18.3 Å². The molecule has 0 aromatic carbocycles. The molecule has 19 heavy (non-hydrogen) atoms. The minimum Gasteiger partial charge on any atom is -0.349 e. The standard InChI is InChI=1S/C15H23N3O/c1-3-12-7-5-9-16-13(12)11-17-14(19)15(4-2)8-6-10-18-15/h5,7,9,18H,3-4,6,8,10-11H2,1-2H3,(H,17,19). The second-order valence-corrected chi connectivity index (χ2v) is 5.11. The van der Waals surface area contributed by atoms with Crippen molar-refractivity contribution in [2.24, 2.45) is 0 Å². The first kappa shape index (κ1) is 14.0. The zero-order valence-electron chi connectivity index (χ0n) is 11.8. The summed E-state index contributed by atoms with van der Waals surface area (Å²) in [5.41, 5.74) is 1.82. The molecule has 1 aliphatic rings. The van der Waals surface area contributed by atoms with Crippen LogP contribution in [0.2, 0.25) is 0 Å². The molecule has 2 rings (SSSR count). The summed E-state index contributed by atoms with van der Waals surface area (Å²) in [5, 5.41) is 6.40. The van der Waals surface area contributed by atoms with Crippen LogP contribution in [0.3, 0.4) is 0 Å². The lowest BCUT2D eigenvalue weighted by molar-refractivity contribution is -0.127. The first-order valence-electron chi connectivity index (χ1n) is 7.18. The molecule has 4 nitrogen and oxygen atoms in total. The summed E-state index contributed by atoms with van der Waals surface area (Å²) in [5.74, 6) is 0.111. The van der Waals surface area contributed by atoms with Crippen LogP contribution in [0.1, 0.15) is 44.4 Å². The van der Waals surface area contributed by atoms with Gasteiger partial charge in [-0.1, -0.05) is 19.9 Å². The van der Waals surface area contributed by atoms with Crippen LogP contribution in [-0.4, -0.2) is 23.0 Å². The van der Waals surface area contributed by atoms with Gasteiger partial charge in [0, 0.05) is 6.20 Å². The molecule has 1 amide bonds. The second kappa shape index (κ2) is 6.15. The zero-order valence-corrected chi connectivity index (χ0v) is 11.8. The van der Waals surface area contributed by atoms with E-state index in [0.717, 1.165) is 37.9 Å². The number of hydrogen-bond donors (Lipinski definition) is 2. The van der Waals surface area contributed by atoms with Gasteiger partial charge in [0.25, 0.3) is 0 Å². The molecule has 1 aromatic heterocycles. The van der Waals surface area contributed by atoms with E-state index in [2.05, 4.69) is 35.5 Å². The van der Waals surface area contributed by atoms with Crippen LogP contribution in [0, 0.1) is 0 Å². The van der Waals surface area contributed by atoms with Gasteiger partial charge in [-0.05, 0) is 43.9 Å². The molecule has 1 saturated heterocycles. The fourth-order valence-electron chi connectivity index (χ4n) is 2.75. The summed E-state index contributed by atoms with van der Waals surface area (Å²) in [6.45, 7) is 5.63. The van der Waals surface area contributed by atoms with Crippen molar-refractivity contribution >= 4 is 5.91 Å². The number of hydrogen-bond acceptors (Lipinski definition) is 3. The van der Waals surface area contributed by atoms with E-state index in [1.807, 2.05) is 6.07 Å². The van der Waals surface area contributed by atoms with E-state index >= 15 is 0 Å². The molecule has 4 heteroatoms. The highest BCUT2D eigenvalue weighted by Crippen LogP contribution is 2.23. The van der Waals surface area contributed by atoms with Crippen LogP contribution in [0.5, 0.6) is 0 Å². The third-order valence-corrected chi connectivity index (χ3v) is 4.06. The smallest absolute Gasteiger partial charge is 0.240 e. The van der Waals surface area contributed by atoms with Crippen molar-refractivity contribution in [1.29, 1.82) is 0 Å². The fourth-order valence-corrected chi connectivity index (χ4v) is 2.75. The highest BCUT2D eigenvalue weighted by atomic mass is 16.2. The lowest BCUT2D eigenvalue weighted by atomic mass is 9.93. The number of carbonyl (C=O) groups excluding carboxylic acids is 1. The maximum Gasteiger partial charge on any atom is 0.240 e. The Morgan fingerprint density at radius 3 is 3.00 bits per heavy atom. The van der Waals surface area contributed by atoms with E-state index in [4.69, 9.17) is 0 Å². The SMILES string of the molecule is CCc1cccnc1CNC(=O)C1(CC)CCCN1. The Labute approximate surface area is 115 Å². The Bertz CT molecular complexity index is 439. The minimum atomic E-state index is -0.360. The average molecular weight is 261 g/mol. The van der Waals surface area contributed by atoms with Gasteiger partial charge in [0.1, 0.15) is 0 Å². The number of rotatable bonds is 5. The Balaban J connectivity index is 2.00. The number of pyridine rings is 1. The number of carbonyl (C=O) groups is 1. The summed E-state index contributed by atoms with van der Waals surface area (Å²) in [6.07, 6.45) is 5.56. The minimum absolute atomic E-state index is 0.111. The maximum atomic E-state index is 12.4. The molecule has 2 heterocycles. The third kappa shape index (κ3) is 2.95. The molecular weight excluding hydrogens is 238 g/mol. The van der Waals surface area contributed by atoms with Crippen LogP contribution in [0.25, 0.3) is 0 Å². The van der Waals surface area contributed by atoms with Gasteiger partial charge in [0.05, 0.1) is 17.8 Å². The molecule has 1 fully saturated rings. The molecule has 2 N–H and O–H groups in total. The van der Waals surface area contributed by atoms with Gasteiger partial charge in [-0.15, -0.1) is 0 Å². The molecular formula is C15H23N3O. The molecule has 1 aliphatic heterocycles. The lowest BCUT2D eigenvalue weighted by Gasteiger charge is -2.26. The second-order valence-electron chi connectivity index (χ2n) is 5.11. The van der Waals surface area contributed by atoms with E-state index < -0.39 is 0 Å². The number of nitrogens with one attached hydrogen (secondary N) is 2. The number of aryl methyl sites for hydroxylation is 1. The quantitative estimate of drug-likeness (QED) is 0.849. The Morgan fingerprint density at radius 2 is 2.37 bits per heavy atom. The van der Waals surface area contributed by atoms with Crippen LogP contribution in [-0.2, 0) is 17.8 Å². The molecule has 0 radical (unpaired) electrons. The normalized spacial score (nSPS) is 22.4. The molecule has 1 unspecified atom stereocenters. The highest BCUT2D eigenvalue weighted by Gasteiger charge is 2.38. The predicted molar refractivity (Wildman–Crippen MR) is 75.7 cm³/mol. The summed E-state index contributed by atoms with van der Waals surface area (Å²) < 4.78 is 0. The van der Waals surface area contributed by atoms with E-state index in [9.17, 15) is 4.79 Å². The first-order valence-corrected chi connectivity index (χ1v) is 7.18. The summed E-state index contributed by atoms with van der Waals surface area (Å²) in [6, 6.07) is 4.01. The first-order chi connectivity index (χ1) is 9.22. The molecule has 0 saturated carbocycles. The van der Waals surface area contributed by atoms with Gasteiger partial charge in [-0.2, -0.15) is 0 Å². The van der Waals surface area contributed by atoms with Crippen LogP contribution in [0.4, 0.5) is 0 Å². The van der Waals surface area contributed by atoms with Crippen LogP contribution < -0.4 is 10.6 Å². The van der Waals surface area contributed by atoms with Crippen molar-refractivity contribution in [2.75, 3.05) is 6.54 Å². The lowest BCUT2D eigenvalue weighted by Crippen LogP contribution is -2.52. The van der Waals surface area contributed by atoms with Gasteiger partial charge in [-0.3, -0.25) is 9.78 Å². The zero-order chi connectivity index (χ0) is 13.7. The molecule has 0 bridgehead atoms. The Hall–Kier alpha value is -1.42. The molecule has 0 spiro atoms. The van der Waals surface area contributed by atoms with Crippen molar-refractivity contribution in [2.45, 2.75) is 51.6 Å². The number of nitrogens with zero attached hydrogens (tertiary/aromatic N) is 1. The molecule has 1 atom stereocenters. The molecule has 1 aromatic rings. The Morgan fingerprint density at radius 1 is 1.53 bits per heavy atom. The summed E-state index contributed by atoms with van der Waals surface area (Å²) in [4.78, 5) is 16.7. The van der Waals surface area contributed by atoms with Gasteiger partial charge in [0.15, 0.2) is 0 Å². The predicted octanol–water partition coefficient (Wildman–Crippen LogP) is 1.79. The molecule has 104 valence electrons. The average Bonchev–Trinajstić information content (AvgIpc) is 2.95. The van der Waals surface area contributed by atoms with Gasteiger partial charge >= 0.3 is 0 Å².